The summed E-state index contributed by atoms with van der Waals surface area (Å²) in [5.74, 6) is 0. The number of nitrogens with one attached hydrogen (secondary N) is 2. The van der Waals surface area contributed by atoms with Gasteiger partial charge in [0.2, 0.25) is 0 Å². The Bertz CT molecular complexity index is 515. The van der Waals surface area contributed by atoms with Crippen LogP contribution in [0.15, 0.2) is 18.2 Å². The molecule has 0 aromatic heterocycles. The quantitative estimate of drug-likeness (QED) is 0.889. The third-order valence-corrected chi connectivity index (χ3v) is 3.98. The number of alkyl halides is 3. The van der Waals surface area contributed by atoms with Gasteiger partial charge in [0, 0.05) is 38.4 Å². The maximum Gasteiger partial charge on any atom is 0.401 e. The number of rotatable bonds is 4. The van der Waals surface area contributed by atoms with Gasteiger partial charge in [0.15, 0.2) is 0 Å². The summed E-state index contributed by atoms with van der Waals surface area (Å²) in [5, 5.41) is 5.81. The monoisotopic (exact) mass is 329 g/mol. The van der Waals surface area contributed by atoms with Crippen LogP contribution in [-0.4, -0.2) is 38.9 Å². The highest BCUT2D eigenvalue weighted by molar-refractivity contribution is 5.53. The van der Waals surface area contributed by atoms with Crippen LogP contribution in [0.2, 0.25) is 0 Å². The lowest BCUT2D eigenvalue weighted by Gasteiger charge is -2.31. The minimum atomic E-state index is -4.18. The van der Waals surface area contributed by atoms with Crippen LogP contribution >= 0.6 is 0 Å². The average Bonchev–Trinajstić information content (AvgIpc) is 2.45. The molecule has 23 heavy (non-hydrogen) atoms. The number of hydrogen-bond acceptors (Lipinski definition) is 3. The number of nitrogens with zero attached hydrogens (tertiary/aromatic N) is 1. The van der Waals surface area contributed by atoms with E-state index in [2.05, 4.69) is 42.4 Å². The van der Waals surface area contributed by atoms with Gasteiger partial charge >= 0.3 is 6.18 Å². The van der Waals surface area contributed by atoms with Crippen LogP contribution < -0.4 is 15.5 Å². The molecule has 0 amide bonds. The zero-order valence-corrected chi connectivity index (χ0v) is 14.1. The van der Waals surface area contributed by atoms with E-state index < -0.39 is 12.7 Å². The first-order chi connectivity index (χ1) is 10.6. The van der Waals surface area contributed by atoms with Crippen LogP contribution in [0.5, 0.6) is 0 Å². The predicted molar refractivity (Wildman–Crippen MR) is 88.0 cm³/mol. The molecule has 130 valence electrons. The highest BCUT2D eigenvalue weighted by Crippen LogP contribution is 2.28. The van der Waals surface area contributed by atoms with Crippen molar-refractivity contribution in [3.8, 4) is 0 Å². The number of anilines is 1. The minimum absolute atomic E-state index is 0.0389. The highest BCUT2D eigenvalue weighted by atomic mass is 19.4. The van der Waals surface area contributed by atoms with Crippen molar-refractivity contribution in [3.05, 3.63) is 29.3 Å². The lowest BCUT2D eigenvalue weighted by molar-refractivity contribution is -0.125. The zero-order chi connectivity index (χ0) is 17.1. The van der Waals surface area contributed by atoms with Gasteiger partial charge in [-0.2, -0.15) is 13.2 Å². The Morgan fingerprint density at radius 2 is 1.74 bits per heavy atom. The Labute approximate surface area is 136 Å². The Morgan fingerprint density at radius 3 is 2.30 bits per heavy atom. The van der Waals surface area contributed by atoms with Gasteiger partial charge in [-0.05, 0) is 28.7 Å². The van der Waals surface area contributed by atoms with Gasteiger partial charge in [-0.15, -0.1) is 0 Å². The van der Waals surface area contributed by atoms with Crippen LogP contribution in [0.4, 0.5) is 18.9 Å². The number of hydrogen-bond donors (Lipinski definition) is 2. The maximum atomic E-state index is 12.3. The molecule has 2 rings (SSSR count). The van der Waals surface area contributed by atoms with E-state index >= 15 is 0 Å². The lowest BCUT2D eigenvalue weighted by Crippen LogP contribution is -2.43. The molecule has 0 bridgehead atoms. The second-order valence-corrected chi connectivity index (χ2v) is 7.09. The predicted octanol–water partition coefficient (Wildman–Crippen LogP) is 3.05. The van der Waals surface area contributed by atoms with Gasteiger partial charge in [-0.3, -0.25) is 0 Å². The van der Waals surface area contributed by atoms with E-state index in [0.29, 0.717) is 0 Å². The van der Waals surface area contributed by atoms with E-state index in [4.69, 9.17) is 0 Å². The summed E-state index contributed by atoms with van der Waals surface area (Å²) < 4.78 is 37.0. The normalized spacial score (nSPS) is 16.7. The summed E-state index contributed by atoms with van der Waals surface area (Å²) in [7, 11) is 0. The number of halogens is 3. The summed E-state index contributed by atoms with van der Waals surface area (Å²) in [4.78, 5) is 2.29. The third kappa shape index (κ3) is 5.70. The number of benzene rings is 1. The summed E-state index contributed by atoms with van der Waals surface area (Å²) in [6.45, 7) is 9.33. The Kier molecular flexibility index (Phi) is 5.57. The zero-order valence-electron chi connectivity index (χ0n) is 14.1. The van der Waals surface area contributed by atoms with Gasteiger partial charge in [-0.1, -0.05) is 26.8 Å². The van der Waals surface area contributed by atoms with Crippen molar-refractivity contribution in [2.45, 2.75) is 38.9 Å². The highest BCUT2D eigenvalue weighted by Gasteiger charge is 2.26. The minimum Gasteiger partial charge on any atom is -0.369 e. The van der Waals surface area contributed by atoms with Gasteiger partial charge in [-0.25, -0.2) is 0 Å². The molecule has 1 heterocycles. The van der Waals surface area contributed by atoms with Crippen LogP contribution in [0.1, 0.15) is 31.9 Å². The maximum absolute atomic E-state index is 12.3. The molecule has 3 nitrogen and oxygen atoms in total. The molecule has 1 saturated heterocycles. The Hall–Kier alpha value is -1.27. The van der Waals surface area contributed by atoms with Crippen molar-refractivity contribution < 1.29 is 13.2 Å². The van der Waals surface area contributed by atoms with Crippen molar-refractivity contribution in [2.24, 2.45) is 0 Å². The van der Waals surface area contributed by atoms with E-state index in [0.717, 1.165) is 43.0 Å². The van der Waals surface area contributed by atoms with E-state index in [1.807, 2.05) is 12.1 Å². The lowest BCUT2D eigenvalue weighted by atomic mass is 9.85. The van der Waals surface area contributed by atoms with Crippen molar-refractivity contribution in [1.82, 2.24) is 10.6 Å². The van der Waals surface area contributed by atoms with Crippen LogP contribution in [0, 0.1) is 0 Å². The van der Waals surface area contributed by atoms with Crippen molar-refractivity contribution in [1.29, 1.82) is 0 Å². The summed E-state index contributed by atoms with van der Waals surface area (Å²) in [5.41, 5.74) is 3.11. The largest absolute Gasteiger partial charge is 0.401 e. The van der Waals surface area contributed by atoms with Crippen molar-refractivity contribution >= 4 is 5.69 Å². The van der Waals surface area contributed by atoms with Crippen LogP contribution in [0.3, 0.4) is 0 Å². The molecule has 0 radical (unpaired) electrons. The first-order valence-corrected chi connectivity index (χ1v) is 8.03. The molecule has 0 spiro atoms. The topological polar surface area (TPSA) is 27.3 Å². The first-order valence-electron chi connectivity index (χ1n) is 8.03. The fourth-order valence-corrected chi connectivity index (χ4v) is 2.66. The van der Waals surface area contributed by atoms with E-state index in [1.54, 1.807) is 0 Å². The van der Waals surface area contributed by atoms with Gasteiger partial charge in [0.25, 0.3) is 0 Å². The third-order valence-electron chi connectivity index (χ3n) is 3.98. The molecule has 1 fully saturated rings. The molecule has 1 aromatic rings. The van der Waals surface area contributed by atoms with Crippen molar-refractivity contribution in [3.63, 3.8) is 0 Å². The smallest absolute Gasteiger partial charge is 0.369 e. The van der Waals surface area contributed by atoms with Gasteiger partial charge < -0.3 is 15.5 Å². The molecule has 0 unspecified atom stereocenters. The standard InChI is InChI=1S/C17H26F3N3/c1-16(2,3)14-8-13(11-22-12-17(18,19)20)9-15(10-14)23-6-4-21-5-7-23/h8-10,21-22H,4-7,11-12H2,1-3H3. The molecule has 0 atom stereocenters. The molecule has 1 aliphatic rings. The average molecular weight is 329 g/mol. The summed E-state index contributed by atoms with van der Waals surface area (Å²) >= 11 is 0. The van der Waals surface area contributed by atoms with Crippen LogP contribution in [0.25, 0.3) is 0 Å². The molecule has 0 aliphatic carbocycles. The summed E-state index contributed by atoms with van der Waals surface area (Å²) in [6, 6.07) is 6.18. The van der Waals surface area contributed by atoms with E-state index in [1.165, 1.54) is 0 Å². The fourth-order valence-electron chi connectivity index (χ4n) is 2.66. The van der Waals surface area contributed by atoms with E-state index in [-0.39, 0.29) is 12.0 Å². The first kappa shape index (κ1) is 18.1. The molecule has 1 aliphatic heterocycles. The molecule has 1 aromatic carbocycles. The Balaban J connectivity index is 2.19. The molecular weight excluding hydrogens is 303 g/mol. The molecule has 2 N–H and O–H groups in total. The molecular formula is C17H26F3N3. The molecule has 6 heteroatoms. The fraction of sp³-hybridized carbons (Fsp3) is 0.647. The van der Waals surface area contributed by atoms with Crippen LogP contribution in [-0.2, 0) is 12.0 Å². The van der Waals surface area contributed by atoms with Crippen molar-refractivity contribution in [2.75, 3.05) is 37.6 Å². The Morgan fingerprint density at radius 1 is 1.09 bits per heavy atom. The SMILES string of the molecule is CC(C)(C)c1cc(CNCC(F)(F)F)cc(N2CCNCC2)c1. The summed E-state index contributed by atoms with van der Waals surface area (Å²) in [6.07, 6.45) is -4.18. The number of piperazine rings is 1. The second-order valence-electron chi connectivity index (χ2n) is 7.09. The van der Waals surface area contributed by atoms with E-state index in [9.17, 15) is 13.2 Å². The molecule has 0 saturated carbocycles. The second kappa shape index (κ2) is 7.09. The van der Waals surface area contributed by atoms with Gasteiger partial charge in [0.05, 0.1) is 6.54 Å². The van der Waals surface area contributed by atoms with Gasteiger partial charge in [0.1, 0.15) is 0 Å².